The predicted octanol–water partition coefficient (Wildman–Crippen LogP) is -0.100. The van der Waals surface area contributed by atoms with E-state index < -0.39 is 64.6 Å². The van der Waals surface area contributed by atoms with Gasteiger partial charge in [-0.25, -0.2) is 0 Å². The summed E-state index contributed by atoms with van der Waals surface area (Å²) in [5.41, 5.74) is -1.46. The molecule has 0 saturated carbocycles. The van der Waals surface area contributed by atoms with Crippen molar-refractivity contribution in [1.29, 1.82) is 0 Å². The van der Waals surface area contributed by atoms with Crippen LogP contribution in [0.5, 0.6) is 11.5 Å². The topological polar surface area (TPSA) is 182 Å². The van der Waals surface area contributed by atoms with E-state index in [1.54, 1.807) is 0 Å². The van der Waals surface area contributed by atoms with E-state index >= 15 is 0 Å². The van der Waals surface area contributed by atoms with Gasteiger partial charge in [0, 0.05) is 0 Å². The van der Waals surface area contributed by atoms with Crippen LogP contribution >= 0.6 is 0 Å². The van der Waals surface area contributed by atoms with Crippen LogP contribution in [-0.2, 0) is 20.2 Å². The second-order valence-corrected chi connectivity index (χ2v) is 8.53. The molecular formula is C15H11LiO11S2. The van der Waals surface area contributed by atoms with Crippen molar-refractivity contribution in [1.82, 2.24) is 0 Å². The molecule has 150 valence electrons. The number of benzene rings is 2. The number of aromatic carboxylic acids is 2. The van der Waals surface area contributed by atoms with Gasteiger partial charge in [-0.15, -0.1) is 0 Å². The van der Waals surface area contributed by atoms with Crippen molar-refractivity contribution < 1.29 is 50.1 Å². The average Bonchev–Trinajstić information content (AvgIpc) is 2.60. The number of carboxylic acids is 2. The van der Waals surface area contributed by atoms with E-state index in [1.807, 2.05) is 0 Å². The third-order valence-electron chi connectivity index (χ3n) is 3.58. The molecule has 0 aliphatic rings. The van der Waals surface area contributed by atoms with Gasteiger partial charge < -0.3 is 0 Å². The summed E-state index contributed by atoms with van der Waals surface area (Å²) in [6.07, 6.45) is 0. The van der Waals surface area contributed by atoms with E-state index in [-0.39, 0.29) is 0 Å². The molecule has 11 nitrogen and oxygen atoms in total. The van der Waals surface area contributed by atoms with Gasteiger partial charge in [0.1, 0.15) is 0 Å². The molecule has 0 atom stereocenters. The summed E-state index contributed by atoms with van der Waals surface area (Å²) in [4.78, 5) is 20.8. The summed E-state index contributed by atoms with van der Waals surface area (Å²) >= 11 is 1.48. The first kappa shape index (κ1) is 22.7. The second-order valence-electron chi connectivity index (χ2n) is 5.63. The molecule has 0 radical (unpaired) electrons. The molecule has 0 saturated heterocycles. The summed E-state index contributed by atoms with van der Waals surface area (Å²) in [7, 11) is -8.91. The fourth-order valence-corrected chi connectivity index (χ4v) is 4.24. The zero-order valence-corrected chi connectivity index (χ0v) is 16.4. The molecule has 2 aromatic carbocycles. The van der Waals surface area contributed by atoms with Crippen LogP contribution in [0.2, 0.25) is 0 Å². The molecule has 0 heterocycles. The molecule has 0 aliphatic heterocycles. The molecule has 0 aromatic heterocycles. The minimum absolute atomic E-state index is 0.362. The molecule has 2 rings (SSSR count). The van der Waals surface area contributed by atoms with Crippen LogP contribution < -0.4 is 13.2 Å². The Bertz CT molecular complexity index is 1220. The van der Waals surface area contributed by atoms with E-state index in [9.17, 15) is 36.1 Å². The van der Waals surface area contributed by atoms with Gasteiger partial charge in [-0.05, 0) is 0 Å². The van der Waals surface area contributed by atoms with Crippen molar-refractivity contribution in [3.8, 4) is 11.5 Å². The molecule has 0 unspecified atom stereocenters. The number of carbonyl (C=O) groups is 2. The molecular weight excluding hydrogens is 427 g/mol. The fraction of sp³-hybridized carbons (Fsp3) is 0.0667. The number of ether oxygens (including phenoxy) is 1. The molecule has 29 heavy (non-hydrogen) atoms. The summed E-state index contributed by atoms with van der Waals surface area (Å²) < 4.78 is 67.8. The molecule has 0 amide bonds. The summed E-state index contributed by atoms with van der Waals surface area (Å²) in [5.74, 6) is -4.79. The molecule has 0 spiro atoms. The summed E-state index contributed by atoms with van der Waals surface area (Å²) in [5, 5.41) is 18.4. The van der Waals surface area contributed by atoms with Gasteiger partial charge in [0.05, 0.1) is 0 Å². The zero-order chi connectivity index (χ0) is 22.1. The van der Waals surface area contributed by atoms with Gasteiger partial charge in [-0.2, -0.15) is 0 Å². The normalized spacial score (nSPS) is 11.7. The van der Waals surface area contributed by atoms with Gasteiger partial charge >= 0.3 is 174 Å². The van der Waals surface area contributed by atoms with Crippen LogP contribution in [0.1, 0.15) is 20.7 Å². The Morgan fingerprint density at radius 2 is 1.59 bits per heavy atom. The van der Waals surface area contributed by atoms with Gasteiger partial charge in [0.15, 0.2) is 0 Å². The Morgan fingerprint density at radius 1 is 0.966 bits per heavy atom. The van der Waals surface area contributed by atoms with E-state index in [1.165, 1.54) is 23.8 Å². The minimum atomic E-state index is -4.99. The van der Waals surface area contributed by atoms with Crippen LogP contribution in [0.25, 0.3) is 0 Å². The monoisotopic (exact) mass is 438 g/mol. The molecule has 0 bridgehead atoms. The van der Waals surface area contributed by atoms with Crippen LogP contribution in [-0.4, -0.2) is 68.4 Å². The van der Waals surface area contributed by atoms with Crippen LogP contribution in [0.4, 0.5) is 0 Å². The Hall–Kier alpha value is -2.56. The number of hydrogen-bond donors (Lipinski definition) is 3. The van der Waals surface area contributed by atoms with Gasteiger partial charge in [0.2, 0.25) is 0 Å². The SMILES string of the molecule is [Li][c]1ccc(OS(=O)(=O)c2cc(C(=O)O)cc(C(=O)O)c2OC)c(S(=O)(=O)O)c1. The first-order chi connectivity index (χ1) is 13.3. The van der Waals surface area contributed by atoms with Gasteiger partial charge in [-0.1, -0.05) is 0 Å². The Balaban J connectivity index is 2.75. The first-order valence-corrected chi connectivity index (χ1v) is 10.3. The second kappa shape index (κ2) is 8.05. The average molecular weight is 438 g/mol. The van der Waals surface area contributed by atoms with Crippen molar-refractivity contribution >= 4 is 54.1 Å². The van der Waals surface area contributed by atoms with E-state index in [0.717, 1.165) is 19.2 Å². The van der Waals surface area contributed by atoms with Crippen molar-refractivity contribution in [2.24, 2.45) is 0 Å². The van der Waals surface area contributed by atoms with Crippen molar-refractivity contribution in [2.45, 2.75) is 9.79 Å². The van der Waals surface area contributed by atoms with Gasteiger partial charge in [-0.3, -0.25) is 0 Å². The zero-order valence-electron chi connectivity index (χ0n) is 14.8. The first-order valence-electron chi connectivity index (χ1n) is 7.49. The molecule has 0 aliphatic carbocycles. The molecule has 2 aromatic rings. The standard InChI is InChI=1S/C15H11O11S2.Li/c1-25-13-9(15(18)19)6-8(14(16)17)7-12(13)28(23,24)26-10-4-2-3-5-11(10)27(20,21)22;/h2,4-7H,1H3,(H,16,17)(H,18,19)(H,20,21,22);. The van der Waals surface area contributed by atoms with Crippen molar-refractivity contribution in [3.05, 3.63) is 41.5 Å². The van der Waals surface area contributed by atoms with E-state index in [4.69, 9.17) is 14.0 Å². The molecule has 0 fully saturated rings. The Morgan fingerprint density at radius 3 is 2.07 bits per heavy atom. The van der Waals surface area contributed by atoms with Crippen LogP contribution in [0, 0.1) is 0 Å². The fourth-order valence-electron chi connectivity index (χ4n) is 2.33. The summed E-state index contributed by atoms with van der Waals surface area (Å²) in [6.45, 7) is 0. The molecule has 14 heteroatoms. The van der Waals surface area contributed by atoms with E-state index in [0.29, 0.717) is 16.4 Å². The predicted molar refractivity (Wildman–Crippen MR) is 96.4 cm³/mol. The number of hydrogen-bond acceptors (Lipinski definition) is 8. The maximum absolute atomic E-state index is 12.7. The third kappa shape index (κ3) is 4.89. The third-order valence-corrected chi connectivity index (χ3v) is 5.70. The van der Waals surface area contributed by atoms with Crippen molar-refractivity contribution in [2.75, 3.05) is 7.11 Å². The number of methoxy groups -OCH3 is 1. The summed E-state index contributed by atoms with van der Waals surface area (Å²) in [6, 6.07) is 4.50. The van der Waals surface area contributed by atoms with Crippen LogP contribution in [0.15, 0.2) is 40.1 Å². The molecule has 3 N–H and O–H groups in total. The van der Waals surface area contributed by atoms with Crippen molar-refractivity contribution in [3.63, 3.8) is 0 Å². The van der Waals surface area contributed by atoms with Gasteiger partial charge in [0.25, 0.3) is 0 Å². The Kier molecular flexibility index (Phi) is 6.31. The quantitative estimate of drug-likeness (QED) is 0.298. The number of rotatable bonds is 7. The van der Waals surface area contributed by atoms with E-state index in [2.05, 4.69) is 0 Å². The maximum atomic E-state index is 12.7. The number of carboxylic acid groups (broad SMARTS) is 2. The Labute approximate surface area is 174 Å². The van der Waals surface area contributed by atoms with Crippen LogP contribution in [0.3, 0.4) is 0 Å².